The predicted octanol–water partition coefficient (Wildman–Crippen LogP) is 5.54. The van der Waals surface area contributed by atoms with E-state index in [-0.39, 0.29) is 48.2 Å². The molecule has 6 rings (SSSR count). The summed E-state index contributed by atoms with van der Waals surface area (Å²) in [5.74, 6) is -7.77. The van der Waals surface area contributed by atoms with Crippen LogP contribution in [-0.4, -0.2) is 103 Å². The molecule has 336 valence electrons. The number of nitrogens with zero attached hydrogens (tertiary/aromatic N) is 2. The van der Waals surface area contributed by atoms with Crippen molar-refractivity contribution in [3.63, 3.8) is 0 Å². The topological polar surface area (TPSA) is 192 Å². The van der Waals surface area contributed by atoms with Gasteiger partial charge in [0.2, 0.25) is 33.6 Å². The molecule has 4 aliphatic rings. The highest BCUT2D eigenvalue weighted by Gasteiger charge is 2.63. The number of methoxy groups -OCH3 is 2. The highest BCUT2D eigenvalue weighted by atomic mass is 32.2. The van der Waals surface area contributed by atoms with Gasteiger partial charge in [0.25, 0.3) is 11.8 Å². The molecule has 15 nitrogen and oxygen atoms in total. The summed E-state index contributed by atoms with van der Waals surface area (Å²) in [5.41, 5.74) is -3.93. The van der Waals surface area contributed by atoms with E-state index in [1.807, 2.05) is 19.9 Å². The number of amides is 4. The summed E-state index contributed by atoms with van der Waals surface area (Å²) in [4.78, 5) is 62.7. The van der Waals surface area contributed by atoms with Crippen LogP contribution in [0.3, 0.4) is 0 Å². The second-order valence-corrected chi connectivity index (χ2v) is 19.9. The normalized spacial score (nSPS) is 28.5. The van der Waals surface area contributed by atoms with Crippen molar-refractivity contribution >= 4 is 44.6 Å². The zero-order valence-corrected chi connectivity index (χ0v) is 36.6. The summed E-state index contributed by atoms with van der Waals surface area (Å²) in [5, 5.41) is 6.04. The molecule has 2 aromatic rings. The number of carbonyl (C=O) groups excluding carboxylic acids is 4. The Morgan fingerprint density at radius 2 is 1.79 bits per heavy atom. The van der Waals surface area contributed by atoms with Gasteiger partial charge in [-0.1, -0.05) is 32.4 Å². The van der Waals surface area contributed by atoms with E-state index >= 15 is 9.18 Å². The Bertz CT molecular complexity index is 2200. The number of allylic oxidation sites excluding steroid dienone is 1. The number of ether oxygens (including phenoxy) is 4. The summed E-state index contributed by atoms with van der Waals surface area (Å²) in [6.07, 6.45) is 4.01. The van der Waals surface area contributed by atoms with Crippen LogP contribution in [0.2, 0.25) is 0 Å². The van der Waals surface area contributed by atoms with Crippen LogP contribution in [0.1, 0.15) is 92.9 Å². The fourth-order valence-corrected chi connectivity index (χ4v) is 9.31. The van der Waals surface area contributed by atoms with E-state index in [9.17, 15) is 31.6 Å². The van der Waals surface area contributed by atoms with Gasteiger partial charge in [-0.05, 0) is 88.7 Å². The Morgan fingerprint density at radius 1 is 1.08 bits per heavy atom. The summed E-state index contributed by atoms with van der Waals surface area (Å²) >= 11 is 0. The molecule has 2 saturated carbocycles. The standard InChI is InChI=1S/C42H56F3N5O10S/c1-9-24-16-23(2)12-10-11-13-26-21-42(26,37(53)49-61(55,56)40(5)14-15-40)48-34(51)30-19-27(22-50(30)36(52)33(24)47-38(54)60-39(3,4)41(6,44)45)59-35-28-20-29(43)31(57-7)17-25(28)18-32(46-35)58-8/h11,13,17-18,20,23-24,26-27,30,33H,9-10,12,14-16,19,21-22H2,1-8H3,(H,47,54)(H,48,51)(H,49,53)/b13-11-/t23-,24-,26-,27-,30+,33+,42-/m1/s1. The minimum Gasteiger partial charge on any atom is -0.494 e. The van der Waals surface area contributed by atoms with Gasteiger partial charge in [-0.2, -0.15) is 4.98 Å². The van der Waals surface area contributed by atoms with E-state index in [1.165, 1.54) is 38.2 Å². The van der Waals surface area contributed by atoms with Crippen LogP contribution in [0.5, 0.6) is 17.5 Å². The van der Waals surface area contributed by atoms with Crippen LogP contribution in [-0.2, 0) is 29.1 Å². The quantitative estimate of drug-likeness (QED) is 0.240. The molecule has 1 aromatic heterocycles. The number of sulfonamides is 1. The SMILES string of the molecule is CC[C@@H]1C[C@H](C)CC/C=C\[C@@H]2C[C@@]2(C(=O)NS(=O)(=O)C2(C)CC2)NC(=O)[C@@H]2C[C@@H](Oc3nc(OC)cc4cc(OC)c(F)cc34)CN2C(=O)[C@H]1NC(=O)OC(C)(C)C(C)(F)F. The van der Waals surface area contributed by atoms with Crippen molar-refractivity contribution < 1.29 is 59.7 Å². The molecular weight excluding hydrogens is 824 g/mol. The number of alkyl halides is 2. The van der Waals surface area contributed by atoms with Gasteiger partial charge < -0.3 is 34.5 Å². The lowest BCUT2D eigenvalue weighted by molar-refractivity contribution is -0.152. The van der Waals surface area contributed by atoms with E-state index in [0.29, 0.717) is 50.8 Å². The molecule has 1 saturated heterocycles. The number of aromatic nitrogens is 1. The molecule has 0 unspecified atom stereocenters. The molecule has 0 bridgehead atoms. The maximum atomic E-state index is 15.1. The number of hydrogen-bond donors (Lipinski definition) is 3. The van der Waals surface area contributed by atoms with Crippen LogP contribution < -0.4 is 29.6 Å². The zero-order chi connectivity index (χ0) is 44.9. The van der Waals surface area contributed by atoms with E-state index < -0.39 is 91.5 Å². The van der Waals surface area contributed by atoms with Crippen LogP contribution in [0, 0.1) is 23.6 Å². The number of rotatable bonds is 11. The summed E-state index contributed by atoms with van der Waals surface area (Å²) in [6, 6.07) is 1.41. The summed E-state index contributed by atoms with van der Waals surface area (Å²) in [7, 11) is -1.41. The Hall–Kier alpha value is -4.81. The van der Waals surface area contributed by atoms with Gasteiger partial charge in [0, 0.05) is 30.7 Å². The van der Waals surface area contributed by atoms with Gasteiger partial charge in [0.15, 0.2) is 17.2 Å². The Morgan fingerprint density at radius 3 is 2.41 bits per heavy atom. The number of halogens is 3. The minimum absolute atomic E-state index is 0.0161. The molecule has 0 spiro atoms. The Balaban J connectivity index is 1.40. The number of pyridine rings is 1. The molecule has 2 aliphatic heterocycles. The first-order valence-electron chi connectivity index (χ1n) is 20.6. The first-order valence-corrected chi connectivity index (χ1v) is 22.1. The van der Waals surface area contributed by atoms with Crippen LogP contribution in [0.4, 0.5) is 18.0 Å². The van der Waals surface area contributed by atoms with Crippen molar-refractivity contribution in [2.24, 2.45) is 17.8 Å². The molecule has 7 atom stereocenters. The molecule has 1 aromatic carbocycles. The molecule has 19 heteroatoms. The third-order valence-electron chi connectivity index (χ3n) is 12.8. The van der Waals surface area contributed by atoms with Gasteiger partial charge in [-0.3, -0.25) is 19.1 Å². The molecular formula is C42H56F3N5O10S. The van der Waals surface area contributed by atoms with Gasteiger partial charge in [-0.25, -0.2) is 26.4 Å². The number of benzene rings is 1. The lowest BCUT2D eigenvalue weighted by Crippen LogP contribution is -2.60. The van der Waals surface area contributed by atoms with E-state index in [1.54, 1.807) is 12.1 Å². The maximum absolute atomic E-state index is 15.1. The van der Waals surface area contributed by atoms with Crippen molar-refractivity contribution in [3.8, 4) is 17.5 Å². The maximum Gasteiger partial charge on any atom is 0.408 e. The lowest BCUT2D eigenvalue weighted by Gasteiger charge is -2.35. The lowest BCUT2D eigenvalue weighted by atomic mass is 9.85. The van der Waals surface area contributed by atoms with Crippen molar-refractivity contribution in [3.05, 3.63) is 36.2 Å². The highest BCUT2D eigenvalue weighted by molar-refractivity contribution is 7.91. The molecule has 4 amide bonds. The Kier molecular flexibility index (Phi) is 12.6. The van der Waals surface area contributed by atoms with Gasteiger partial charge in [0.1, 0.15) is 23.7 Å². The first kappa shape index (κ1) is 45.7. The first-order chi connectivity index (χ1) is 28.5. The van der Waals surface area contributed by atoms with E-state index in [2.05, 4.69) is 20.3 Å². The average molecular weight is 880 g/mol. The zero-order valence-electron chi connectivity index (χ0n) is 35.7. The fourth-order valence-electron chi connectivity index (χ4n) is 8.00. The summed E-state index contributed by atoms with van der Waals surface area (Å²) in [6.45, 7) is 7.76. The van der Waals surface area contributed by atoms with Crippen LogP contribution in [0.15, 0.2) is 30.4 Å². The number of hydrogen-bond acceptors (Lipinski definition) is 11. The number of nitrogens with one attached hydrogen (secondary N) is 3. The summed E-state index contributed by atoms with van der Waals surface area (Å²) < 4.78 is 93.8. The smallest absolute Gasteiger partial charge is 0.408 e. The second-order valence-electron chi connectivity index (χ2n) is 17.7. The van der Waals surface area contributed by atoms with Crippen molar-refractivity contribution in [2.45, 2.75) is 133 Å². The second kappa shape index (κ2) is 16.8. The minimum atomic E-state index is -4.10. The predicted molar refractivity (Wildman–Crippen MR) is 217 cm³/mol. The molecule has 0 radical (unpaired) electrons. The van der Waals surface area contributed by atoms with Crippen molar-refractivity contribution in [2.75, 3.05) is 20.8 Å². The molecule has 61 heavy (non-hydrogen) atoms. The molecule has 3 N–H and O–H groups in total. The van der Waals surface area contributed by atoms with Crippen LogP contribution in [0.25, 0.3) is 10.8 Å². The third kappa shape index (κ3) is 9.36. The van der Waals surface area contributed by atoms with Crippen LogP contribution >= 0.6 is 0 Å². The number of carbonyl (C=O) groups is 4. The monoisotopic (exact) mass is 879 g/mol. The van der Waals surface area contributed by atoms with Gasteiger partial charge >= 0.3 is 6.09 Å². The van der Waals surface area contributed by atoms with Crippen molar-refractivity contribution in [1.82, 2.24) is 25.2 Å². The molecule has 2 aliphatic carbocycles. The molecule has 3 fully saturated rings. The number of fused-ring (bicyclic) bond motifs is 3. The fraction of sp³-hybridized carbons (Fsp3) is 0.643. The van der Waals surface area contributed by atoms with Gasteiger partial charge in [0.05, 0.1) is 25.5 Å². The van der Waals surface area contributed by atoms with Crippen molar-refractivity contribution in [1.29, 1.82) is 0 Å². The number of alkyl carbamates (subject to hydrolysis) is 1. The highest BCUT2D eigenvalue weighted by Crippen LogP contribution is 2.48. The Labute approximate surface area is 353 Å². The van der Waals surface area contributed by atoms with E-state index in [4.69, 9.17) is 18.9 Å². The average Bonchev–Trinajstić information content (AvgIpc) is 4.06. The van der Waals surface area contributed by atoms with E-state index in [0.717, 1.165) is 13.8 Å². The largest absolute Gasteiger partial charge is 0.494 e. The van der Waals surface area contributed by atoms with Gasteiger partial charge in [-0.15, -0.1) is 0 Å². The third-order valence-corrected chi connectivity index (χ3v) is 15.0. The molecule has 3 heterocycles.